The Morgan fingerprint density at radius 3 is 2.47 bits per heavy atom. The normalized spacial score (nSPS) is 14.3. The van der Waals surface area contributed by atoms with Crippen LogP contribution in [0.1, 0.15) is 25.5 Å². The molecule has 0 heterocycles. The van der Waals surface area contributed by atoms with Crippen molar-refractivity contribution in [2.24, 2.45) is 0 Å². The zero-order chi connectivity index (χ0) is 11.3. The van der Waals surface area contributed by atoms with Gasteiger partial charge in [0, 0.05) is 0 Å². The molecule has 0 bridgehead atoms. The van der Waals surface area contributed by atoms with Crippen molar-refractivity contribution in [3.05, 3.63) is 48.6 Å². The van der Waals surface area contributed by atoms with E-state index in [1.54, 1.807) is 6.08 Å². The van der Waals surface area contributed by atoms with Gasteiger partial charge in [-0.3, -0.25) is 4.79 Å². The molecule has 0 saturated heterocycles. The largest absolute Gasteiger partial charge is 0.359 e. The highest BCUT2D eigenvalue weighted by atomic mass is 16.5. The van der Waals surface area contributed by atoms with E-state index in [4.69, 9.17) is 4.74 Å². The van der Waals surface area contributed by atoms with Gasteiger partial charge in [0.2, 0.25) is 0 Å². The minimum absolute atomic E-state index is 0.00917. The number of hydrogen-bond donors (Lipinski definition) is 0. The van der Waals surface area contributed by atoms with E-state index >= 15 is 0 Å². The second-order valence-electron chi connectivity index (χ2n) is 3.48. The summed E-state index contributed by atoms with van der Waals surface area (Å²) in [7, 11) is 0. The second-order valence-corrected chi connectivity index (χ2v) is 3.48. The fraction of sp³-hybridized carbons (Fsp3) is 0.308. The van der Waals surface area contributed by atoms with Gasteiger partial charge in [0.05, 0.1) is 6.10 Å². The SMILES string of the molecule is C=C[C@H](C)OC(C(C)=O)c1ccccc1. The predicted octanol–water partition coefficient (Wildman–Crippen LogP) is 2.91. The van der Waals surface area contributed by atoms with Gasteiger partial charge in [-0.1, -0.05) is 36.4 Å². The first kappa shape index (κ1) is 11.7. The molecule has 0 aromatic heterocycles. The van der Waals surface area contributed by atoms with Crippen LogP contribution < -0.4 is 0 Å². The summed E-state index contributed by atoms with van der Waals surface area (Å²) < 4.78 is 5.58. The molecule has 0 saturated carbocycles. The summed E-state index contributed by atoms with van der Waals surface area (Å²) in [6.45, 7) is 7.03. The lowest BCUT2D eigenvalue weighted by atomic mass is 10.1. The highest BCUT2D eigenvalue weighted by Gasteiger charge is 2.18. The third-order valence-corrected chi connectivity index (χ3v) is 2.15. The van der Waals surface area contributed by atoms with Crippen molar-refractivity contribution in [1.82, 2.24) is 0 Å². The lowest BCUT2D eigenvalue weighted by Crippen LogP contribution is -2.17. The van der Waals surface area contributed by atoms with Crippen molar-refractivity contribution in [2.75, 3.05) is 0 Å². The molecule has 2 nitrogen and oxygen atoms in total. The van der Waals surface area contributed by atoms with Gasteiger partial charge in [0.15, 0.2) is 5.78 Å². The number of ether oxygens (including phenoxy) is 1. The monoisotopic (exact) mass is 204 g/mol. The molecule has 0 radical (unpaired) electrons. The molecule has 15 heavy (non-hydrogen) atoms. The van der Waals surface area contributed by atoms with E-state index in [9.17, 15) is 4.79 Å². The van der Waals surface area contributed by atoms with Gasteiger partial charge in [-0.15, -0.1) is 6.58 Å². The Morgan fingerprint density at radius 2 is 2.00 bits per heavy atom. The van der Waals surface area contributed by atoms with Crippen LogP contribution in [0.15, 0.2) is 43.0 Å². The summed E-state index contributed by atoms with van der Waals surface area (Å²) in [5.41, 5.74) is 0.888. The van der Waals surface area contributed by atoms with Gasteiger partial charge in [-0.2, -0.15) is 0 Å². The van der Waals surface area contributed by atoms with Crippen LogP contribution in [0, 0.1) is 0 Å². The Bertz CT molecular complexity index is 330. The van der Waals surface area contributed by atoms with E-state index in [0.717, 1.165) is 5.56 Å². The van der Waals surface area contributed by atoms with Crippen LogP contribution in [-0.4, -0.2) is 11.9 Å². The molecule has 2 heteroatoms. The second kappa shape index (κ2) is 5.47. The molecule has 0 aliphatic carbocycles. The van der Waals surface area contributed by atoms with E-state index < -0.39 is 6.10 Å². The van der Waals surface area contributed by atoms with Crippen molar-refractivity contribution < 1.29 is 9.53 Å². The molecule has 80 valence electrons. The first-order valence-electron chi connectivity index (χ1n) is 4.98. The fourth-order valence-corrected chi connectivity index (χ4v) is 1.31. The summed E-state index contributed by atoms with van der Waals surface area (Å²) in [5, 5.41) is 0. The van der Waals surface area contributed by atoms with Crippen LogP contribution in [0.2, 0.25) is 0 Å². The minimum Gasteiger partial charge on any atom is -0.359 e. The van der Waals surface area contributed by atoms with Crippen LogP contribution in [0.3, 0.4) is 0 Å². The fourth-order valence-electron chi connectivity index (χ4n) is 1.31. The van der Waals surface area contributed by atoms with Crippen molar-refractivity contribution in [3.63, 3.8) is 0 Å². The smallest absolute Gasteiger partial charge is 0.163 e. The highest BCUT2D eigenvalue weighted by Crippen LogP contribution is 2.20. The molecule has 1 unspecified atom stereocenters. The van der Waals surface area contributed by atoms with Gasteiger partial charge < -0.3 is 4.74 Å². The number of carbonyl (C=O) groups is 1. The molecule has 2 atom stereocenters. The van der Waals surface area contributed by atoms with Gasteiger partial charge in [0.1, 0.15) is 6.10 Å². The quantitative estimate of drug-likeness (QED) is 0.689. The first-order valence-corrected chi connectivity index (χ1v) is 4.98. The van der Waals surface area contributed by atoms with Crippen LogP contribution in [0.25, 0.3) is 0 Å². The van der Waals surface area contributed by atoms with E-state index in [2.05, 4.69) is 6.58 Å². The zero-order valence-electron chi connectivity index (χ0n) is 9.14. The van der Waals surface area contributed by atoms with Gasteiger partial charge in [0.25, 0.3) is 0 Å². The molecule has 1 rings (SSSR count). The van der Waals surface area contributed by atoms with E-state index in [-0.39, 0.29) is 11.9 Å². The Kier molecular flexibility index (Phi) is 4.25. The molecule has 0 spiro atoms. The third-order valence-electron chi connectivity index (χ3n) is 2.15. The predicted molar refractivity (Wildman–Crippen MR) is 60.6 cm³/mol. The Balaban J connectivity index is 2.84. The number of Topliss-reactive ketones (excluding diaryl/α,β-unsaturated/α-hetero) is 1. The maximum Gasteiger partial charge on any atom is 0.163 e. The van der Waals surface area contributed by atoms with Crippen molar-refractivity contribution >= 4 is 5.78 Å². The molecule has 1 aromatic rings. The van der Waals surface area contributed by atoms with Crippen molar-refractivity contribution in [1.29, 1.82) is 0 Å². The van der Waals surface area contributed by atoms with Crippen molar-refractivity contribution in [3.8, 4) is 0 Å². The lowest BCUT2D eigenvalue weighted by molar-refractivity contribution is -0.130. The summed E-state index contributed by atoms with van der Waals surface area (Å²) in [6.07, 6.45) is 1.07. The van der Waals surface area contributed by atoms with E-state index in [1.165, 1.54) is 6.92 Å². The van der Waals surface area contributed by atoms with E-state index in [0.29, 0.717) is 0 Å². The number of carbonyl (C=O) groups excluding carboxylic acids is 1. The average molecular weight is 204 g/mol. The topological polar surface area (TPSA) is 26.3 Å². The zero-order valence-corrected chi connectivity index (χ0v) is 9.14. The van der Waals surface area contributed by atoms with Crippen molar-refractivity contribution in [2.45, 2.75) is 26.1 Å². The van der Waals surface area contributed by atoms with Crippen LogP contribution in [-0.2, 0) is 9.53 Å². The molecule has 1 aromatic carbocycles. The summed E-state index contributed by atoms with van der Waals surface area (Å²) in [4.78, 5) is 11.4. The Morgan fingerprint density at radius 1 is 1.40 bits per heavy atom. The summed E-state index contributed by atoms with van der Waals surface area (Å²) in [5.74, 6) is 0.00917. The molecular formula is C13H16O2. The molecule has 0 aliphatic rings. The van der Waals surface area contributed by atoms with Gasteiger partial charge in [-0.05, 0) is 19.4 Å². The molecular weight excluding hydrogens is 188 g/mol. The third kappa shape index (κ3) is 3.33. The maximum atomic E-state index is 11.4. The Labute approximate surface area is 90.6 Å². The minimum atomic E-state index is -0.487. The first-order chi connectivity index (χ1) is 7.15. The number of rotatable bonds is 5. The average Bonchev–Trinajstić information content (AvgIpc) is 2.26. The standard InChI is InChI=1S/C13H16O2/c1-4-10(2)15-13(11(3)14)12-8-6-5-7-9-12/h4-10,13H,1H2,2-3H3/t10-,13?/m0/s1. The van der Waals surface area contributed by atoms with Crippen LogP contribution in [0.4, 0.5) is 0 Å². The molecule has 0 amide bonds. The highest BCUT2D eigenvalue weighted by molar-refractivity contribution is 5.81. The Hall–Kier alpha value is -1.41. The summed E-state index contributed by atoms with van der Waals surface area (Å²) >= 11 is 0. The molecule has 0 N–H and O–H groups in total. The van der Waals surface area contributed by atoms with Gasteiger partial charge >= 0.3 is 0 Å². The van der Waals surface area contributed by atoms with E-state index in [1.807, 2.05) is 37.3 Å². The van der Waals surface area contributed by atoms with Crippen LogP contribution >= 0.6 is 0 Å². The van der Waals surface area contributed by atoms with Crippen LogP contribution in [0.5, 0.6) is 0 Å². The molecule has 0 aliphatic heterocycles. The maximum absolute atomic E-state index is 11.4. The number of benzene rings is 1. The molecule has 0 fully saturated rings. The summed E-state index contributed by atoms with van der Waals surface area (Å²) in [6, 6.07) is 9.49. The lowest BCUT2D eigenvalue weighted by Gasteiger charge is -2.18. The van der Waals surface area contributed by atoms with Gasteiger partial charge in [-0.25, -0.2) is 0 Å². The number of hydrogen-bond acceptors (Lipinski definition) is 2. The number of ketones is 1.